The minimum atomic E-state index is -0.515. The average molecular weight is 183 g/mol. The third-order valence-corrected chi connectivity index (χ3v) is 1.19. The van der Waals surface area contributed by atoms with Crippen molar-refractivity contribution in [3.05, 3.63) is 12.0 Å². The van der Waals surface area contributed by atoms with Crippen molar-refractivity contribution in [1.82, 2.24) is 9.97 Å². The van der Waals surface area contributed by atoms with Gasteiger partial charge >= 0.3 is 5.97 Å². The first-order valence-electron chi connectivity index (χ1n) is 3.92. The lowest BCUT2D eigenvalue weighted by molar-refractivity contribution is 0.00569. The molecule has 0 atom stereocenters. The molecule has 0 fully saturated rings. The summed E-state index contributed by atoms with van der Waals surface area (Å²) < 4.78 is 5.05. The molecule has 0 amide bonds. The van der Waals surface area contributed by atoms with Gasteiger partial charge in [0, 0.05) is 0 Å². The average Bonchev–Trinajstić information content (AvgIpc) is 2.31. The highest BCUT2D eigenvalue weighted by molar-refractivity contribution is 5.86. The van der Waals surface area contributed by atoms with Crippen molar-refractivity contribution in [1.29, 1.82) is 0 Å². The van der Waals surface area contributed by atoms with Crippen LogP contribution in [0.15, 0.2) is 6.20 Å². The number of ether oxygens (including phenoxy) is 1. The normalized spacial score (nSPS) is 11.3. The standard InChI is InChI=1S/C8H13N3O2/c1-8(2,3)13-7(12)6-10-4-5(9)11-6/h4H,9H2,1-3H3,(H,10,11). The second kappa shape index (κ2) is 3.08. The molecule has 1 heterocycles. The molecule has 3 N–H and O–H groups in total. The van der Waals surface area contributed by atoms with E-state index < -0.39 is 11.6 Å². The Morgan fingerprint density at radius 2 is 2.23 bits per heavy atom. The number of nitrogens with zero attached hydrogens (tertiary/aromatic N) is 1. The Hall–Kier alpha value is -1.52. The van der Waals surface area contributed by atoms with Crippen molar-refractivity contribution in [2.45, 2.75) is 26.4 Å². The van der Waals surface area contributed by atoms with Crippen LogP contribution in [0.1, 0.15) is 31.4 Å². The van der Waals surface area contributed by atoms with Gasteiger partial charge in [0.2, 0.25) is 5.82 Å². The Bertz CT molecular complexity index is 311. The van der Waals surface area contributed by atoms with Crippen LogP contribution in [0.25, 0.3) is 0 Å². The number of hydrogen-bond acceptors (Lipinski definition) is 4. The smallest absolute Gasteiger partial charge is 0.374 e. The van der Waals surface area contributed by atoms with Gasteiger partial charge in [0.25, 0.3) is 0 Å². The van der Waals surface area contributed by atoms with E-state index in [1.807, 2.05) is 0 Å². The molecule has 1 aromatic rings. The molecular formula is C8H13N3O2. The van der Waals surface area contributed by atoms with E-state index in [1.54, 1.807) is 20.8 Å². The minimum absolute atomic E-state index is 0.132. The minimum Gasteiger partial charge on any atom is -0.454 e. The molecule has 1 rings (SSSR count). The monoisotopic (exact) mass is 183 g/mol. The molecule has 5 nitrogen and oxygen atoms in total. The number of nitrogen functional groups attached to an aromatic ring is 1. The fraction of sp³-hybridized carbons (Fsp3) is 0.500. The second-order valence-electron chi connectivity index (χ2n) is 3.69. The molecule has 13 heavy (non-hydrogen) atoms. The first-order chi connectivity index (χ1) is 5.88. The number of imidazole rings is 1. The Kier molecular flexibility index (Phi) is 2.27. The Balaban J connectivity index is 2.70. The third-order valence-electron chi connectivity index (χ3n) is 1.19. The lowest BCUT2D eigenvalue weighted by Crippen LogP contribution is -2.24. The molecule has 5 heteroatoms. The summed E-state index contributed by atoms with van der Waals surface area (Å²) in [5.74, 6) is -0.0162. The number of nitrogens with two attached hydrogens (primary N) is 1. The molecule has 0 aliphatic carbocycles. The summed E-state index contributed by atoms with van der Waals surface area (Å²) in [7, 11) is 0. The molecule has 1 aromatic heterocycles. The van der Waals surface area contributed by atoms with Gasteiger partial charge < -0.3 is 15.5 Å². The van der Waals surface area contributed by atoms with Gasteiger partial charge in [-0.2, -0.15) is 0 Å². The summed E-state index contributed by atoms with van der Waals surface area (Å²) in [6.45, 7) is 5.37. The van der Waals surface area contributed by atoms with Crippen molar-refractivity contribution in [2.24, 2.45) is 0 Å². The zero-order valence-corrected chi connectivity index (χ0v) is 7.92. The van der Waals surface area contributed by atoms with E-state index in [4.69, 9.17) is 10.5 Å². The molecular weight excluding hydrogens is 170 g/mol. The van der Waals surface area contributed by atoms with Gasteiger partial charge in [-0.25, -0.2) is 9.78 Å². The van der Waals surface area contributed by atoms with Crippen LogP contribution in [0.4, 0.5) is 5.82 Å². The van der Waals surface area contributed by atoms with Crippen molar-refractivity contribution in [2.75, 3.05) is 5.73 Å². The number of carbonyl (C=O) groups excluding carboxylic acids is 1. The Morgan fingerprint density at radius 1 is 1.62 bits per heavy atom. The van der Waals surface area contributed by atoms with Crippen LogP contribution in [-0.2, 0) is 4.74 Å². The van der Waals surface area contributed by atoms with E-state index in [0.717, 1.165) is 0 Å². The maximum Gasteiger partial charge on any atom is 0.374 e. The van der Waals surface area contributed by atoms with E-state index in [1.165, 1.54) is 6.20 Å². The zero-order valence-electron chi connectivity index (χ0n) is 7.92. The summed E-state index contributed by atoms with van der Waals surface area (Å²) >= 11 is 0. The van der Waals surface area contributed by atoms with Crippen LogP contribution >= 0.6 is 0 Å². The summed E-state index contributed by atoms with van der Waals surface area (Å²) in [5, 5.41) is 0. The van der Waals surface area contributed by atoms with E-state index in [0.29, 0.717) is 5.82 Å². The number of nitrogens with one attached hydrogen (secondary N) is 1. The van der Waals surface area contributed by atoms with Crippen molar-refractivity contribution >= 4 is 11.8 Å². The number of esters is 1. The summed E-state index contributed by atoms with van der Waals surface area (Å²) in [4.78, 5) is 17.6. The molecule has 0 aliphatic heterocycles. The van der Waals surface area contributed by atoms with E-state index in [9.17, 15) is 4.79 Å². The largest absolute Gasteiger partial charge is 0.454 e. The molecule has 0 saturated carbocycles. The molecule has 0 unspecified atom stereocenters. The molecule has 0 aliphatic rings. The molecule has 72 valence electrons. The van der Waals surface area contributed by atoms with Gasteiger partial charge in [0.15, 0.2) is 0 Å². The van der Waals surface area contributed by atoms with Gasteiger partial charge in [-0.15, -0.1) is 0 Å². The fourth-order valence-corrected chi connectivity index (χ4v) is 0.766. The van der Waals surface area contributed by atoms with Gasteiger partial charge in [0.05, 0.1) is 6.20 Å². The van der Waals surface area contributed by atoms with E-state index >= 15 is 0 Å². The Labute approximate surface area is 76.3 Å². The zero-order chi connectivity index (χ0) is 10.1. The molecule has 0 aromatic carbocycles. The lowest BCUT2D eigenvalue weighted by Gasteiger charge is -2.18. The quantitative estimate of drug-likeness (QED) is 0.635. The number of aromatic amines is 1. The predicted molar refractivity (Wildman–Crippen MR) is 48.2 cm³/mol. The summed E-state index contributed by atoms with van der Waals surface area (Å²) in [6.07, 6.45) is 1.37. The number of anilines is 1. The molecule has 0 saturated heterocycles. The highest BCUT2D eigenvalue weighted by atomic mass is 16.6. The van der Waals surface area contributed by atoms with Crippen LogP contribution < -0.4 is 5.73 Å². The van der Waals surface area contributed by atoms with Gasteiger partial charge in [0.1, 0.15) is 11.4 Å². The molecule has 0 spiro atoms. The maximum absolute atomic E-state index is 11.3. The SMILES string of the molecule is CC(C)(C)OC(=O)c1ncc(N)[nH]1. The predicted octanol–water partition coefficient (Wildman–Crippen LogP) is 0.947. The molecule has 0 bridgehead atoms. The van der Waals surface area contributed by atoms with Gasteiger partial charge in [-0.05, 0) is 20.8 Å². The van der Waals surface area contributed by atoms with E-state index in [-0.39, 0.29) is 5.82 Å². The summed E-state index contributed by atoms with van der Waals surface area (Å²) in [5.41, 5.74) is 4.84. The van der Waals surface area contributed by atoms with Crippen LogP contribution in [0.3, 0.4) is 0 Å². The fourth-order valence-electron chi connectivity index (χ4n) is 0.766. The van der Waals surface area contributed by atoms with Crippen molar-refractivity contribution in [3.63, 3.8) is 0 Å². The van der Waals surface area contributed by atoms with Crippen molar-refractivity contribution < 1.29 is 9.53 Å². The topological polar surface area (TPSA) is 81.0 Å². The molecule has 0 radical (unpaired) electrons. The summed E-state index contributed by atoms with van der Waals surface area (Å²) in [6, 6.07) is 0. The number of rotatable bonds is 1. The van der Waals surface area contributed by atoms with Crippen molar-refractivity contribution in [3.8, 4) is 0 Å². The number of carbonyl (C=O) groups is 1. The van der Waals surface area contributed by atoms with Gasteiger partial charge in [-0.3, -0.25) is 0 Å². The second-order valence-corrected chi connectivity index (χ2v) is 3.69. The van der Waals surface area contributed by atoms with Crippen LogP contribution in [-0.4, -0.2) is 21.5 Å². The number of H-pyrrole nitrogens is 1. The van der Waals surface area contributed by atoms with Crippen LogP contribution in [0, 0.1) is 0 Å². The highest BCUT2D eigenvalue weighted by Gasteiger charge is 2.19. The van der Waals surface area contributed by atoms with Crippen LogP contribution in [0.2, 0.25) is 0 Å². The maximum atomic E-state index is 11.3. The van der Waals surface area contributed by atoms with E-state index in [2.05, 4.69) is 9.97 Å². The first-order valence-corrected chi connectivity index (χ1v) is 3.92. The number of hydrogen-bond donors (Lipinski definition) is 2. The van der Waals surface area contributed by atoms with Crippen LogP contribution in [0.5, 0.6) is 0 Å². The first kappa shape index (κ1) is 9.57. The highest BCUT2D eigenvalue weighted by Crippen LogP contribution is 2.10. The Morgan fingerprint density at radius 3 is 2.62 bits per heavy atom. The third kappa shape index (κ3) is 2.77. The lowest BCUT2D eigenvalue weighted by atomic mass is 10.2. The number of aromatic nitrogens is 2. The van der Waals surface area contributed by atoms with Gasteiger partial charge in [-0.1, -0.05) is 0 Å².